The van der Waals surface area contributed by atoms with Gasteiger partial charge in [-0.3, -0.25) is 4.79 Å². The zero-order valence-corrected chi connectivity index (χ0v) is 22.1. The number of piperidine rings is 1. The van der Waals surface area contributed by atoms with Crippen molar-refractivity contribution in [1.29, 1.82) is 0 Å². The van der Waals surface area contributed by atoms with E-state index in [0.29, 0.717) is 19.5 Å². The minimum atomic E-state index is -0.613. The Balaban J connectivity index is 1.45. The maximum Gasteiger partial charge on any atom is 0.408 e. The number of ether oxygens (including phenoxy) is 4. The topological polar surface area (TPSA) is 86.3 Å². The SMILES string of the molecule is CC[C@@H](NC(=O)OC(C)(C)C)C(=O)N1CC[C@H]2O[C@H]3c4ccc(OC)cc4OC(C)(C)[C@@H]3C[C@H]2C1. The van der Waals surface area contributed by atoms with Crippen LogP contribution in [0.3, 0.4) is 0 Å². The molecule has 0 aliphatic carbocycles. The molecule has 8 nitrogen and oxygen atoms in total. The van der Waals surface area contributed by atoms with Gasteiger partial charge in [0, 0.05) is 36.6 Å². The number of amides is 2. The first-order valence-corrected chi connectivity index (χ1v) is 12.7. The fourth-order valence-electron chi connectivity index (χ4n) is 5.62. The van der Waals surface area contributed by atoms with Gasteiger partial charge in [0.05, 0.1) is 19.3 Å². The second-order valence-corrected chi connectivity index (χ2v) is 11.5. The van der Waals surface area contributed by atoms with Gasteiger partial charge in [-0.15, -0.1) is 0 Å². The van der Waals surface area contributed by atoms with E-state index in [1.165, 1.54) is 0 Å². The van der Waals surface area contributed by atoms with E-state index in [1.807, 2.05) is 50.8 Å². The number of nitrogens with one attached hydrogen (secondary N) is 1. The number of rotatable bonds is 4. The van der Waals surface area contributed by atoms with E-state index < -0.39 is 23.3 Å². The van der Waals surface area contributed by atoms with Gasteiger partial charge in [0.15, 0.2) is 0 Å². The number of nitrogens with zero attached hydrogens (tertiary/aromatic N) is 1. The van der Waals surface area contributed by atoms with Gasteiger partial charge in [0.1, 0.15) is 28.7 Å². The van der Waals surface area contributed by atoms with Crippen LogP contribution in [0.1, 0.15) is 72.5 Å². The smallest absolute Gasteiger partial charge is 0.408 e. The molecule has 0 aromatic heterocycles. The minimum Gasteiger partial charge on any atom is -0.497 e. The van der Waals surface area contributed by atoms with Gasteiger partial charge < -0.3 is 29.2 Å². The predicted octanol–water partition coefficient (Wildman–Crippen LogP) is 4.46. The Bertz CT molecular complexity index is 955. The largest absolute Gasteiger partial charge is 0.497 e. The van der Waals surface area contributed by atoms with Crippen LogP contribution in [0, 0.1) is 11.8 Å². The number of likely N-dealkylation sites (tertiary alicyclic amines) is 1. The summed E-state index contributed by atoms with van der Waals surface area (Å²) < 4.78 is 23.9. The summed E-state index contributed by atoms with van der Waals surface area (Å²) in [4.78, 5) is 27.5. The monoisotopic (exact) mass is 488 g/mol. The third kappa shape index (κ3) is 5.37. The molecule has 0 bridgehead atoms. The van der Waals surface area contributed by atoms with E-state index in [0.717, 1.165) is 29.9 Å². The van der Waals surface area contributed by atoms with Crippen LogP contribution in [-0.2, 0) is 14.3 Å². The average molecular weight is 489 g/mol. The van der Waals surface area contributed by atoms with Gasteiger partial charge in [-0.2, -0.15) is 0 Å². The van der Waals surface area contributed by atoms with Gasteiger partial charge in [-0.25, -0.2) is 4.79 Å². The molecular weight excluding hydrogens is 448 g/mol. The second-order valence-electron chi connectivity index (χ2n) is 11.5. The molecule has 0 unspecified atom stereocenters. The van der Waals surface area contributed by atoms with Crippen LogP contribution >= 0.6 is 0 Å². The second kappa shape index (κ2) is 9.52. The molecule has 8 heteroatoms. The summed E-state index contributed by atoms with van der Waals surface area (Å²) in [5.74, 6) is 1.91. The van der Waals surface area contributed by atoms with Crippen LogP contribution in [0.2, 0.25) is 0 Å². The summed E-state index contributed by atoms with van der Waals surface area (Å²) in [5, 5.41) is 2.76. The number of carbonyl (C=O) groups excluding carboxylic acids is 2. The lowest BCUT2D eigenvalue weighted by Gasteiger charge is -2.53. The normalized spacial score (nSPS) is 27.9. The Morgan fingerprint density at radius 3 is 2.69 bits per heavy atom. The summed E-state index contributed by atoms with van der Waals surface area (Å²) in [7, 11) is 1.65. The average Bonchev–Trinajstić information content (AvgIpc) is 2.79. The van der Waals surface area contributed by atoms with Gasteiger partial charge in [-0.05, 0) is 66.0 Å². The van der Waals surface area contributed by atoms with Crippen molar-refractivity contribution in [2.45, 2.75) is 90.3 Å². The van der Waals surface area contributed by atoms with E-state index in [4.69, 9.17) is 18.9 Å². The van der Waals surface area contributed by atoms with Crippen LogP contribution in [0.25, 0.3) is 0 Å². The molecule has 3 aliphatic rings. The number of alkyl carbamates (subject to hydrolysis) is 1. The number of hydrogen-bond donors (Lipinski definition) is 1. The standard InChI is InChI=1S/C27H40N2O6/c1-8-20(28-25(31)35-26(2,3)4)24(30)29-12-11-21-16(15-29)13-19-23(33-21)18-10-9-17(32-7)14-22(18)34-27(19,5)6/h9-10,14,16,19-21,23H,8,11-13,15H2,1-7H3,(H,28,31)/t16-,19+,20+,21+,23-/m0/s1. The fourth-order valence-corrected chi connectivity index (χ4v) is 5.62. The molecule has 2 saturated heterocycles. The maximum atomic E-state index is 13.3. The Hall–Kier alpha value is -2.48. The van der Waals surface area contributed by atoms with Crippen molar-refractivity contribution in [2.24, 2.45) is 11.8 Å². The molecule has 0 radical (unpaired) electrons. The molecule has 3 heterocycles. The van der Waals surface area contributed by atoms with Crippen LogP contribution in [0.5, 0.6) is 11.5 Å². The van der Waals surface area contributed by atoms with Crippen molar-refractivity contribution in [3.63, 3.8) is 0 Å². The molecule has 0 spiro atoms. The first kappa shape index (κ1) is 25.6. The summed E-state index contributed by atoms with van der Waals surface area (Å²) in [6.45, 7) is 12.8. The zero-order chi connectivity index (χ0) is 25.5. The zero-order valence-electron chi connectivity index (χ0n) is 22.1. The van der Waals surface area contributed by atoms with E-state index in [2.05, 4.69) is 19.2 Å². The fraction of sp³-hybridized carbons (Fsp3) is 0.704. The van der Waals surface area contributed by atoms with Crippen molar-refractivity contribution >= 4 is 12.0 Å². The number of hydrogen-bond acceptors (Lipinski definition) is 6. The highest BCUT2D eigenvalue weighted by atomic mass is 16.6. The molecule has 3 aliphatic heterocycles. The lowest BCUT2D eigenvalue weighted by molar-refractivity contribution is -0.189. The molecule has 35 heavy (non-hydrogen) atoms. The number of benzene rings is 1. The maximum absolute atomic E-state index is 13.3. The van der Waals surface area contributed by atoms with Gasteiger partial charge >= 0.3 is 6.09 Å². The van der Waals surface area contributed by atoms with E-state index in [-0.39, 0.29) is 30.0 Å². The molecule has 4 rings (SSSR count). The lowest BCUT2D eigenvalue weighted by Crippen LogP contribution is -2.58. The molecule has 0 saturated carbocycles. The van der Waals surface area contributed by atoms with Crippen LogP contribution < -0.4 is 14.8 Å². The van der Waals surface area contributed by atoms with E-state index >= 15 is 0 Å². The number of fused-ring (bicyclic) bond motifs is 4. The van der Waals surface area contributed by atoms with Crippen molar-refractivity contribution in [3.8, 4) is 11.5 Å². The first-order valence-electron chi connectivity index (χ1n) is 12.7. The van der Waals surface area contributed by atoms with Crippen molar-refractivity contribution in [2.75, 3.05) is 20.2 Å². The van der Waals surface area contributed by atoms with E-state index in [1.54, 1.807) is 7.11 Å². The van der Waals surface area contributed by atoms with Crippen molar-refractivity contribution in [3.05, 3.63) is 23.8 Å². The molecule has 1 aromatic rings. The van der Waals surface area contributed by atoms with Crippen LogP contribution in [0.15, 0.2) is 18.2 Å². The molecular formula is C27H40N2O6. The van der Waals surface area contributed by atoms with Crippen LogP contribution in [0.4, 0.5) is 4.79 Å². The highest BCUT2D eigenvalue weighted by Gasteiger charge is 2.51. The quantitative estimate of drug-likeness (QED) is 0.673. The Labute approximate surface area is 208 Å². The summed E-state index contributed by atoms with van der Waals surface area (Å²) in [5.41, 5.74) is 0.0452. The predicted molar refractivity (Wildman–Crippen MR) is 132 cm³/mol. The van der Waals surface area contributed by atoms with Gasteiger partial charge in [0.2, 0.25) is 5.91 Å². The highest BCUT2D eigenvalue weighted by Crippen LogP contribution is 2.53. The first-order chi connectivity index (χ1) is 16.4. The van der Waals surface area contributed by atoms with Crippen molar-refractivity contribution in [1.82, 2.24) is 10.2 Å². The third-order valence-electron chi connectivity index (χ3n) is 7.41. The van der Waals surface area contributed by atoms with Crippen molar-refractivity contribution < 1.29 is 28.5 Å². The molecule has 2 amide bonds. The Kier molecular flexibility index (Phi) is 6.97. The summed E-state index contributed by atoms with van der Waals surface area (Å²) >= 11 is 0. The Morgan fingerprint density at radius 1 is 1.29 bits per heavy atom. The van der Waals surface area contributed by atoms with E-state index in [9.17, 15) is 9.59 Å². The minimum absolute atomic E-state index is 0.0413. The number of methoxy groups -OCH3 is 1. The van der Waals surface area contributed by atoms with Gasteiger partial charge in [-0.1, -0.05) is 6.92 Å². The van der Waals surface area contributed by atoms with Crippen LogP contribution in [-0.4, -0.2) is 60.4 Å². The van der Waals surface area contributed by atoms with Gasteiger partial charge in [0.25, 0.3) is 0 Å². The molecule has 1 aromatic carbocycles. The molecule has 5 atom stereocenters. The summed E-state index contributed by atoms with van der Waals surface area (Å²) in [6.07, 6.45) is 1.67. The molecule has 1 N–H and O–H groups in total. The molecule has 194 valence electrons. The molecule has 2 fully saturated rings. The third-order valence-corrected chi connectivity index (χ3v) is 7.41. The number of carbonyl (C=O) groups is 2. The highest BCUT2D eigenvalue weighted by molar-refractivity contribution is 5.85. The summed E-state index contributed by atoms with van der Waals surface area (Å²) in [6, 6.07) is 5.34. The lowest BCUT2D eigenvalue weighted by atomic mass is 9.70. The Morgan fingerprint density at radius 2 is 2.03 bits per heavy atom.